The molecule has 19 heavy (non-hydrogen) atoms. The molecule has 6 heteroatoms. The molecule has 0 atom stereocenters. The Labute approximate surface area is 122 Å². The van der Waals surface area contributed by atoms with Gasteiger partial charge < -0.3 is 10.2 Å². The van der Waals surface area contributed by atoms with Crippen LogP contribution in [0.5, 0.6) is 0 Å². The molecule has 0 aliphatic rings. The molecular formula is C13H19ClN2O2S. The van der Waals surface area contributed by atoms with Gasteiger partial charge in [-0.1, -0.05) is 32.4 Å². The van der Waals surface area contributed by atoms with Crippen LogP contribution in [0.15, 0.2) is 12.1 Å². The molecule has 0 saturated heterocycles. The van der Waals surface area contributed by atoms with Crippen LogP contribution in [0.3, 0.4) is 0 Å². The van der Waals surface area contributed by atoms with E-state index in [-0.39, 0.29) is 18.4 Å². The highest BCUT2D eigenvalue weighted by atomic mass is 35.5. The molecule has 1 N–H and O–H groups in total. The van der Waals surface area contributed by atoms with Crippen molar-refractivity contribution >= 4 is 34.8 Å². The van der Waals surface area contributed by atoms with Crippen molar-refractivity contribution < 1.29 is 9.59 Å². The molecule has 1 rings (SSSR count). The molecule has 2 amide bonds. The third-order valence-corrected chi connectivity index (χ3v) is 3.74. The van der Waals surface area contributed by atoms with E-state index in [1.807, 2.05) is 26.8 Å². The minimum atomic E-state index is -0.486. The summed E-state index contributed by atoms with van der Waals surface area (Å²) >= 11 is 7.28. The zero-order chi connectivity index (χ0) is 14.6. The Morgan fingerprint density at radius 2 is 2.00 bits per heavy atom. The summed E-state index contributed by atoms with van der Waals surface area (Å²) in [6.45, 7) is 5.95. The highest BCUT2D eigenvalue weighted by Crippen LogP contribution is 2.22. The average Bonchev–Trinajstić information content (AvgIpc) is 2.69. The van der Waals surface area contributed by atoms with Crippen LogP contribution >= 0.6 is 22.9 Å². The number of carbonyl (C=O) groups excluding carboxylic acids is 2. The maximum Gasteiger partial charge on any atom is 0.242 e. The van der Waals surface area contributed by atoms with Crippen molar-refractivity contribution in [3.05, 3.63) is 21.3 Å². The van der Waals surface area contributed by atoms with Gasteiger partial charge in [0.2, 0.25) is 11.8 Å². The molecular weight excluding hydrogens is 284 g/mol. The summed E-state index contributed by atoms with van der Waals surface area (Å²) in [5.41, 5.74) is -0.486. The van der Waals surface area contributed by atoms with Crippen molar-refractivity contribution in [2.75, 3.05) is 13.6 Å². The second kappa shape index (κ2) is 6.39. The lowest BCUT2D eigenvalue weighted by Gasteiger charge is -2.20. The zero-order valence-corrected chi connectivity index (χ0v) is 13.2. The summed E-state index contributed by atoms with van der Waals surface area (Å²) in [5, 5.41) is 2.64. The SMILES string of the molecule is CN(Cc1ccc(Cl)s1)C(=O)CNC(=O)C(C)(C)C. The highest BCUT2D eigenvalue weighted by molar-refractivity contribution is 7.16. The first kappa shape index (κ1) is 16.0. The van der Waals surface area contributed by atoms with E-state index in [1.54, 1.807) is 18.0 Å². The third-order valence-electron chi connectivity index (χ3n) is 2.53. The number of likely N-dealkylation sites (N-methyl/N-ethyl adjacent to an activating group) is 1. The minimum Gasteiger partial charge on any atom is -0.347 e. The second-order valence-corrected chi connectivity index (χ2v) is 7.19. The summed E-state index contributed by atoms with van der Waals surface area (Å²) in [6.07, 6.45) is 0. The summed E-state index contributed by atoms with van der Waals surface area (Å²) < 4.78 is 0.705. The Balaban J connectivity index is 2.43. The maximum atomic E-state index is 11.9. The Morgan fingerprint density at radius 1 is 1.37 bits per heavy atom. The molecule has 0 aromatic carbocycles. The van der Waals surface area contributed by atoms with Gasteiger partial charge in [-0.05, 0) is 12.1 Å². The first-order valence-corrected chi connectivity index (χ1v) is 7.16. The van der Waals surface area contributed by atoms with E-state index >= 15 is 0 Å². The van der Waals surface area contributed by atoms with Crippen LogP contribution in [0.25, 0.3) is 0 Å². The predicted octanol–water partition coefficient (Wildman–Crippen LogP) is 2.52. The smallest absolute Gasteiger partial charge is 0.242 e. The van der Waals surface area contributed by atoms with Crippen molar-refractivity contribution in [2.45, 2.75) is 27.3 Å². The molecule has 0 spiro atoms. The number of rotatable bonds is 4. The summed E-state index contributed by atoms with van der Waals surface area (Å²) in [6, 6.07) is 3.70. The van der Waals surface area contributed by atoms with Crippen molar-refractivity contribution in [3.8, 4) is 0 Å². The third kappa shape index (κ3) is 5.20. The van der Waals surface area contributed by atoms with Crippen molar-refractivity contribution in [3.63, 3.8) is 0 Å². The van der Waals surface area contributed by atoms with Gasteiger partial charge in [0.1, 0.15) is 0 Å². The van der Waals surface area contributed by atoms with E-state index in [2.05, 4.69) is 5.32 Å². The lowest BCUT2D eigenvalue weighted by molar-refractivity contribution is -0.134. The number of nitrogens with zero attached hydrogens (tertiary/aromatic N) is 1. The van der Waals surface area contributed by atoms with Crippen LogP contribution in [0, 0.1) is 5.41 Å². The van der Waals surface area contributed by atoms with Gasteiger partial charge in [-0.3, -0.25) is 9.59 Å². The average molecular weight is 303 g/mol. The van der Waals surface area contributed by atoms with Gasteiger partial charge in [-0.25, -0.2) is 0 Å². The number of halogens is 1. The van der Waals surface area contributed by atoms with Crippen molar-refractivity contribution in [1.29, 1.82) is 0 Å². The van der Waals surface area contributed by atoms with Crippen LogP contribution in [-0.4, -0.2) is 30.3 Å². The number of hydrogen-bond acceptors (Lipinski definition) is 3. The summed E-state index contributed by atoms with van der Waals surface area (Å²) in [7, 11) is 1.71. The van der Waals surface area contributed by atoms with E-state index < -0.39 is 5.41 Å². The number of thiophene rings is 1. The maximum absolute atomic E-state index is 11.9. The van der Waals surface area contributed by atoms with E-state index in [0.29, 0.717) is 10.9 Å². The normalized spacial score (nSPS) is 11.2. The van der Waals surface area contributed by atoms with Gasteiger partial charge in [0.05, 0.1) is 17.4 Å². The number of hydrogen-bond donors (Lipinski definition) is 1. The molecule has 0 unspecified atom stereocenters. The monoisotopic (exact) mass is 302 g/mol. The molecule has 0 bridgehead atoms. The number of amides is 2. The van der Waals surface area contributed by atoms with E-state index in [4.69, 9.17) is 11.6 Å². The molecule has 1 aromatic rings. The fraction of sp³-hybridized carbons (Fsp3) is 0.538. The van der Waals surface area contributed by atoms with Crippen molar-refractivity contribution in [2.24, 2.45) is 5.41 Å². The Morgan fingerprint density at radius 3 is 2.47 bits per heavy atom. The van der Waals surface area contributed by atoms with E-state index in [9.17, 15) is 9.59 Å². The number of nitrogens with one attached hydrogen (secondary N) is 1. The first-order chi connectivity index (χ1) is 8.70. The van der Waals surface area contributed by atoms with Crippen LogP contribution < -0.4 is 5.32 Å². The molecule has 1 heterocycles. The largest absolute Gasteiger partial charge is 0.347 e. The zero-order valence-electron chi connectivity index (χ0n) is 11.6. The molecule has 0 saturated carbocycles. The fourth-order valence-corrected chi connectivity index (χ4v) is 2.46. The van der Waals surface area contributed by atoms with Crippen LogP contribution in [-0.2, 0) is 16.1 Å². The van der Waals surface area contributed by atoms with Gasteiger partial charge in [-0.2, -0.15) is 0 Å². The van der Waals surface area contributed by atoms with Gasteiger partial charge in [0.25, 0.3) is 0 Å². The number of carbonyl (C=O) groups is 2. The Bertz CT molecular complexity index is 465. The summed E-state index contributed by atoms with van der Waals surface area (Å²) in [4.78, 5) is 26.1. The van der Waals surface area contributed by atoms with Gasteiger partial charge >= 0.3 is 0 Å². The van der Waals surface area contributed by atoms with Crippen LogP contribution in [0.4, 0.5) is 0 Å². The Hall–Kier alpha value is -1.07. The van der Waals surface area contributed by atoms with E-state index in [0.717, 1.165) is 4.88 Å². The Kier molecular flexibility index (Phi) is 5.38. The minimum absolute atomic E-state index is 0.0196. The first-order valence-electron chi connectivity index (χ1n) is 5.96. The molecule has 106 valence electrons. The fourth-order valence-electron chi connectivity index (χ4n) is 1.31. The predicted molar refractivity (Wildman–Crippen MR) is 78.3 cm³/mol. The van der Waals surface area contributed by atoms with Gasteiger partial charge in [-0.15, -0.1) is 11.3 Å². The van der Waals surface area contributed by atoms with Crippen LogP contribution in [0.1, 0.15) is 25.6 Å². The van der Waals surface area contributed by atoms with Crippen molar-refractivity contribution in [1.82, 2.24) is 10.2 Å². The lowest BCUT2D eigenvalue weighted by atomic mass is 9.96. The van der Waals surface area contributed by atoms with E-state index in [1.165, 1.54) is 11.3 Å². The standard InChI is InChI=1S/C13H19ClN2O2S/c1-13(2,3)12(18)15-7-11(17)16(4)8-9-5-6-10(14)19-9/h5-6H,7-8H2,1-4H3,(H,15,18). The van der Waals surface area contributed by atoms with Gasteiger partial charge in [0, 0.05) is 17.3 Å². The van der Waals surface area contributed by atoms with Crippen LogP contribution in [0.2, 0.25) is 4.34 Å². The lowest BCUT2D eigenvalue weighted by Crippen LogP contribution is -2.42. The molecule has 0 fully saturated rings. The van der Waals surface area contributed by atoms with Gasteiger partial charge in [0.15, 0.2) is 0 Å². The topological polar surface area (TPSA) is 49.4 Å². The highest BCUT2D eigenvalue weighted by Gasteiger charge is 2.22. The molecule has 4 nitrogen and oxygen atoms in total. The molecule has 0 radical (unpaired) electrons. The summed E-state index contributed by atoms with van der Waals surface area (Å²) in [5.74, 6) is -0.254. The quantitative estimate of drug-likeness (QED) is 0.929. The molecule has 0 aliphatic heterocycles. The molecule has 0 aliphatic carbocycles. The molecule has 1 aromatic heterocycles. The second-order valence-electron chi connectivity index (χ2n) is 5.39.